The van der Waals surface area contributed by atoms with Crippen LogP contribution in [0.3, 0.4) is 0 Å². The Labute approximate surface area is 187 Å². The zero-order chi connectivity index (χ0) is 23.0. The Morgan fingerprint density at radius 3 is 2.47 bits per heavy atom. The highest BCUT2D eigenvalue weighted by Crippen LogP contribution is 2.43. The van der Waals surface area contributed by atoms with Crippen LogP contribution in [-0.2, 0) is 9.59 Å². The van der Waals surface area contributed by atoms with E-state index in [-0.39, 0.29) is 17.4 Å². The maximum Gasteiger partial charge on any atom is 0.295 e. The maximum atomic E-state index is 13.1. The number of aromatic nitrogens is 1. The van der Waals surface area contributed by atoms with Crippen molar-refractivity contribution >= 4 is 28.4 Å². The fourth-order valence-electron chi connectivity index (χ4n) is 4.42. The van der Waals surface area contributed by atoms with Crippen LogP contribution in [-0.4, -0.2) is 39.3 Å². The molecule has 1 unspecified atom stereocenters. The molecule has 1 atom stereocenters. The number of aliphatic hydroxyl groups excluding tert-OH is 1. The van der Waals surface area contributed by atoms with Crippen molar-refractivity contribution in [3.63, 3.8) is 0 Å². The number of aryl methyl sites for hydroxylation is 1. The summed E-state index contributed by atoms with van der Waals surface area (Å²) in [5.74, 6) is -0.740. The zero-order valence-electron chi connectivity index (χ0n) is 18.8. The zero-order valence-corrected chi connectivity index (χ0v) is 18.8. The number of carbonyl (C=O) groups is 2. The standard InChI is InChI=1S/C26H28N2O4/c1-5-14-28-23(21-16(4)27-20-9-7-6-8-19(20)21)22(25(30)26(28)31)24(29)17-10-12-18(13-11-17)32-15(2)3/h6-13,15,23,27,29H,5,14H2,1-4H3/b24-22+. The summed E-state index contributed by atoms with van der Waals surface area (Å²) in [4.78, 5) is 31.0. The summed E-state index contributed by atoms with van der Waals surface area (Å²) in [6, 6.07) is 14.1. The smallest absolute Gasteiger partial charge is 0.295 e. The number of nitrogens with zero attached hydrogens (tertiary/aromatic N) is 1. The fraction of sp³-hybridized carbons (Fsp3) is 0.308. The van der Waals surface area contributed by atoms with Gasteiger partial charge in [-0.3, -0.25) is 9.59 Å². The Morgan fingerprint density at radius 1 is 1.12 bits per heavy atom. The highest BCUT2D eigenvalue weighted by Gasteiger charge is 2.47. The lowest BCUT2D eigenvalue weighted by atomic mass is 9.93. The van der Waals surface area contributed by atoms with Gasteiger partial charge in [0.05, 0.1) is 17.7 Å². The molecule has 1 saturated heterocycles. The molecule has 32 heavy (non-hydrogen) atoms. The minimum atomic E-state index is -0.659. The van der Waals surface area contributed by atoms with Gasteiger partial charge in [-0.05, 0) is 57.5 Å². The Balaban J connectivity index is 1.89. The van der Waals surface area contributed by atoms with E-state index in [1.807, 2.05) is 52.0 Å². The van der Waals surface area contributed by atoms with Gasteiger partial charge < -0.3 is 19.7 Å². The van der Waals surface area contributed by atoms with Crippen LogP contribution in [0.4, 0.5) is 0 Å². The molecule has 1 amide bonds. The molecule has 2 N–H and O–H groups in total. The van der Waals surface area contributed by atoms with Crippen molar-refractivity contribution in [1.29, 1.82) is 0 Å². The van der Waals surface area contributed by atoms with E-state index in [2.05, 4.69) is 4.98 Å². The van der Waals surface area contributed by atoms with E-state index in [1.165, 1.54) is 0 Å². The Bertz CT molecular complexity index is 1200. The van der Waals surface area contributed by atoms with Gasteiger partial charge >= 0.3 is 0 Å². The van der Waals surface area contributed by atoms with E-state index in [9.17, 15) is 14.7 Å². The number of rotatable bonds is 6. The number of hydrogen-bond donors (Lipinski definition) is 2. The molecule has 1 aliphatic heterocycles. The number of carbonyl (C=O) groups excluding carboxylic acids is 2. The number of benzene rings is 2. The number of fused-ring (bicyclic) bond motifs is 1. The number of para-hydroxylation sites is 1. The lowest BCUT2D eigenvalue weighted by Gasteiger charge is -2.25. The predicted octanol–water partition coefficient (Wildman–Crippen LogP) is 5.10. The van der Waals surface area contributed by atoms with Crippen LogP contribution in [0.2, 0.25) is 0 Å². The number of aliphatic hydroxyl groups is 1. The molecule has 166 valence electrons. The molecule has 0 bridgehead atoms. The summed E-state index contributed by atoms with van der Waals surface area (Å²) in [5.41, 5.74) is 3.23. The highest BCUT2D eigenvalue weighted by molar-refractivity contribution is 6.46. The van der Waals surface area contributed by atoms with Gasteiger partial charge in [0.25, 0.3) is 11.7 Å². The molecule has 2 aromatic carbocycles. The van der Waals surface area contributed by atoms with E-state index < -0.39 is 17.7 Å². The number of ketones is 1. The van der Waals surface area contributed by atoms with Gasteiger partial charge in [0.1, 0.15) is 11.5 Å². The predicted molar refractivity (Wildman–Crippen MR) is 125 cm³/mol. The first-order valence-electron chi connectivity index (χ1n) is 11.0. The number of likely N-dealkylation sites (tertiary alicyclic amines) is 1. The topological polar surface area (TPSA) is 82.6 Å². The molecule has 6 nitrogen and oxygen atoms in total. The van der Waals surface area contributed by atoms with Gasteiger partial charge in [0.15, 0.2) is 0 Å². The van der Waals surface area contributed by atoms with E-state index >= 15 is 0 Å². The first kappa shape index (κ1) is 21.7. The van der Waals surface area contributed by atoms with Gasteiger partial charge in [0.2, 0.25) is 0 Å². The van der Waals surface area contributed by atoms with Crippen molar-refractivity contribution in [1.82, 2.24) is 9.88 Å². The van der Waals surface area contributed by atoms with Crippen molar-refractivity contribution < 1.29 is 19.4 Å². The average molecular weight is 433 g/mol. The van der Waals surface area contributed by atoms with E-state index in [1.54, 1.807) is 29.2 Å². The summed E-state index contributed by atoms with van der Waals surface area (Å²) >= 11 is 0. The number of H-pyrrole nitrogens is 1. The van der Waals surface area contributed by atoms with Crippen LogP contribution >= 0.6 is 0 Å². The number of amides is 1. The Morgan fingerprint density at radius 2 is 1.81 bits per heavy atom. The number of hydrogen-bond acceptors (Lipinski definition) is 4. The molecule has 0 aliphatic carbocycles. The minimum Gasteiger partial charge on any atom is -0.507 e. The number of nitrogens with one attached hydrogen (secondary N) is 1. The van der Waals surface area contributed by atoms with Crippen LogP contribution in [0.15, 0.2) is 54.1 Å². The third-order valence-electron chi connectivity index (χ3n) is 5.72. The Hall–Kier alpha value is -3.54. The lowest BCUT2D eigenvalue weighted by Crippen LogP contribution is -2.30. The number of ether oxygens (including phenoxy) is 1. The van der Waals surface area contributed by atoms with Gasteiger partial charge in [-0.25, -0.2) is 0 Å². The molecule has 1 fully saturated rings. The quantitative estimate of drug-likeness (QED) is 0.323. The first-order chi connectivity index (χ1) is 15.3. The van der Waals surface area contributed by atoms with Crippen molar-refractivity contribution in [3.05, 3.63) is 70.9 Å². The maximum absolute atomic E-state index is 13.1. The van der Waals surface area contributed by atoms with E-state index in [0.29, 0.717) is 24.3 Å². The largest absolute Gasteiger partial charge is 0.507 e. The van der Waals surface area contributed by atoms with Gasteiger partial charge in [-0.1, -0.05) is 25.1 Å². The van der Waals surface area contributed by atoms with Crippen LogP contribution in [0.25, 0.3) is 16.7 Å². The fourth-order valence-corrected chi connectivity index (χ4v) is 4.42. The summed E-state index contributed by atoms with van der Waals surface area (Å²) in [6.45, 7) is 8.19. The van der Waals surface area contributed by atoms with Gasteiger partial charge in [0, 0.05) is 34.3 Å². The van der Waals surface area contributed by atoms with Crippen molar-refractivity contribution in [2.24, 2.45) is 0 Å². The number of aromatic amines is 1. The molecule has 2 heterocycles. The monoisotopic (exact) mass is 432 g/mol. The summed E-state index contributed by atoms with van der Waals surface area (Å²) in [7, 11) is 0. The SMILES string of the molecule is CCCN1C(=O)C(=O)/C(=C(/O)c2ccc(OC(C)C)cc2)C1c1c(C)[nH]c2ccccc12. The van der Waals surface area contributed by atoms with Crippen LogP contribution in [0.5, 0.6) is 5.75 Å². The van der Waals surface area contributed by atoms with Crippen molar-refractivity contribution in [2.75, 3.05) is 6.54 Å². The molecular weight excluding hydrogens is 404 g/mol. The lowest BCUT2D eigenvalue weighted by molar-refractivity contribution is -0.139. The third kappa shape index (κ3) is 3.66. The molecule has 4 rings (SSSR count). The molecule has 1 aromatic heterocycles. The van der Waals surface area contributed by atoms with Crippen molar-refractivity contribution in [3.8, 4) is 5.75 Å². The number of Topliss-reactive ketones (excluding diaryl/α,β-unsaturated/α-hetero) is 1. The molecule has 0 saturated carbocycles. The normalized spacial score (nSPS) is 18.2. The van der Waals surface area contributed by atoms with Crippen LogP contribution in [0.1, 0.15) is 50.1 Å². The Kier molecular flexibility index (Phi) is 5.78. The van der Waals surface area contributed by atoms with Gasteiger partial charge in [-0.2, -0.15) is 0 Å². The van der Waals surface area contributed by atoms with E-state index in [4.69, 9.17) is 4.74 Å². The summed E-state index contributed by atoms with van der Waals surface area (Å²) in [6.07, 6.45) is 0.727. The molecule has 0 spiro atoms. The first-order valence-corrected chi connectivity index (χ1v) is 11.0. The molecule has 1 aliphatic rings. The molecular formula is C26H28N2O4. The second-order valence-corrected chi connectivity index (χ2v) is 8.39. The van der Waals surface area contributed by atoms with Crippen LogP contribution < -0.4 is 4.74 Å². The average Bonchev–Trinajstić information content (AvgIpc) is 3.21. The second-order valence-electron chi connectivity index (χ2n) is 8.39. The van der Waals surface area contributed by atoms with E-state index in [0.717, 1.165) is 22.2 Å². The van der Waals surface area contributed by atoms with Gasteiger partial charge in [-0.15, -0.1) is 0 Å². The molecule has 6 heteroatoms. The summed E-state index contributed by atoms with van der Waals surface area (Å²) < 4.78 is 5.67. The third-order valence-corrected chi connectivity index (χ3v) is 5.72. The van der Waals surface area contributed by atoms with Crippen LogP contribution in [0, 0.1) is 6.92 Å². The summed E-state index contributed by atoms with van der Waals surface area (Å²) in [5, 5.41) is 12.2. The minimum absolute atomic E-state index is 0.0265. The molecule has 0 radical (unpaired) electrons. The second kappa shape index (κ2) is 8.54. The molecule has 3 aromatic rings. The van der Waals surface area contributed by atoms with Crippen molar-refractivity contribution in [2.45, 2.75) is 46.3 Å². The highest BCUT2D eigenvalue weighted by atomic mass is 16.5.